The molecule has 0 saturated heterocycles. The Kier molecular flexibility index (Phi) is 4.45. The number of nitrogen functional groups attached to an aromatic ring is 1. The lowest BCUT2D eigenvalue weighted by Crippen LogP contribution is -2.14. The number of ether oxygens (including phenoxy) is 1. The average molecular weight is 276 g/mol. The Morgan fingerprint density at radius 2 is 2.30 bits per heavy atom. The fourth-order valence-electron chi connectivity index (χ4n) is 2.10. The van der Waals surface area contributed by atoms with Gasteiger partial charge in [-0.1, -0.05) is 6.92 Å². The number of esters is 1. The molecule has 0 aliphatic heterocycles. The SMILES string of the molecule is CCCn1cc(N)cc1C(=O)OCCc1ccnn1C. The lowest BCUT2D eigenvalue weighted by Gasteiger charge is -2.08. The van der Waals surface area contributed by atoms with Crippen LogP contribution in [-0.2, 0) is 24.8 Å². The van der Waals surface area contributed by atoms with Crippen LogP contribution in [0.2, 0.25) is 0 Å². The van der Waals surface area contributed by atoms with E-state index >= 15 is 0 Å². The van der Waals surface area contributed by atoms with Gasteiger partial charge in [-0.15, -0.1) is 0 Å². The van der Waals surface area contributed by atoms with Gasteiger partial charge in [-0.05, 0) is 18.6 Å². The minimum atomic E-state index is -0.336. The van der Waals surface area contributed by atoms with Gasteiger partial charge >= 0.3 is 5.97 Å². The van der Waals surface area contributed by atoms with Crippen LogP contribution in [0, 0.1) is 0 Å². The quantitative estimate of drug-likeness (QED) is 0.813. The minimum absolute atomic E-state index is 0.329. The van der Waals surface area contributed by atoms with Gasteiger partial charge in [0.2, 0.25) is 0 Å². The predicted octanol–water partition coefficient (Wildman–Crippen LogP) is 1.61. The maximum atomic E-state index is 12.0. The molecule has 6 nitrogen and oxygen atoms in total. The highest BCUT2D eigenvalue weighted by molar-refractivity contribution is 5.89. The molecule has 2 rings (SSSR count). The van der Waals surface area contributed by atoms with Crippen LogP contribution >= 0.6 is 0 Å². The minimum Gasteiger partial charge on any atom is -0.461 e. The molecule has 0 aliphatic rings. The first-order chi connectivity index (χ1) is 9.61. The second kappa shape index (κ2) is 6.27. The number of hydrogen-bond acceptors (Lipinski definition) is 4. The van der Waals surface area contributed by atoms with E-state index in [2.05, 4.69) is 5.10 Å². The Morgan fingerprint density at radius 1 is 1.50 bits per heavy atom. The molecule has 0 unspecified atom stereocenters. The fourth-order valence-corrected chi connectivity index (χ4v) is 2.10. The third kappa shape index (κ3) is 3.20. The monoisotopic (exact) mass is 276 g/mol. The molecule has 0 aliphatic carbocycles. The Labute approximate surface area is 118 Å². The topological polar surface area (TPSA) is 75.1 Å². The van der Waals surface area contributed by atoms with Crippen LogP contribution in [-0.4, -0.2) is 26.9 Å². The van der Waals surface area contributed by atoms with Gasteiger partial charge in [0.05, 0.1) is 12.3 Å². The van der Waals surface area contributed by atoms with Crippen LogP contribution in [0.4, 0.5) is 5.69 Å². The molecule has 6 heteroatoms. The standard InChI is InChI=1S/C14H20N4O2/c1-3-7-18-10-11(15)9-13(18)14(19)20-8-5-12-4-6-16-17(12)2/h4,6,9-10H,3,5,7-8,15H2,1-2H3. The maximum absolute atomic E-state index is 12.0. The molecule has 0 radical (unpaired) electrons. The number of carbonyl (C=O) groups is 1. The molecule has 108 valence electrons. The molecule has 0 bridgehead atoms. The Hall–Kier alpha value is -2.24. The van der Waals surface area contributed by atoms with Crippen LogP contribution in [0.25, 0.3) is 0 Å². The van der Waals surface area contributed by atoms with Crippen molar-refractivity contribution in [2.24, 2.45) is 7.05 Å². The van der Waals surface area contributed by atoms with E-state index in [1.165, 1.54) is 0 Å². The molecule has 2 N–H and O–H groups in total. The van der Waals surface area contributed by atoms with E-state index in [0.717, 1.165) is 18.7 Å². The molecule has 2 aromatic heterocycles. The van der Waals surface area contributed by atoms with Crippen molar-refractivity contribution in [3.05, 3.63) is 35.9 Å². The summed E-state index contributed by atoms with van der Waals surface area (Å²) < 4.78 is 8.90. The zero-order valence-electron chi connectivity index (χ0n) is 11.9. The number of anilines is 1. The summed E-state index contributed by atoms with van der Waals surface area (Å²) >= 11 is 0. The first-order valence-corrected chi connectivity index (χ1v) is 6.71. The number of hydrogen-bond donors (Lipinski definition) is 1. The number of nitrogens with zero attached hydrogens (tertiary/aromatic N) is 3. The Bertz CT molecular complexity index is 586. The molecular formula is C14H20N4O2. The number of carbonyl (C=O) groups excluding carboxylic acids is 1. The third-order valence-corrected chi connectivity index (χ3v) is 3.11. The van der Waals surface area contributed by atoms with Crippen LogP contribution in [0.1, 0.15) is 29.5 Å². The smallest absolute Gasteiger partial charge is 0.355 e. The van der Waals surface area contributed by atoms with Crippen molar-refractivity contribution in [3.8, 4) is 0 Å². The molecular weight excluding hydrogens is 256 g/mol. The van der Waals surface area contributed by atoms with E-state index in [1.54, 1.807) is 23.1 Å². The van der Waals surface area contributed by atoms with Crippen molar-refractivity contribution in [2.45, 2.75) is 26.3 Å². The summed E-state index contributed by atoms with van der Waals surface area (Å²) in [6.07, 6.45) is 5.07. The highest BCUT2D eigenvalue weighted by Crippen LogP contribution is 2.13. The molecule has 2 heterocycles. The number of aromatic nitrogens is 3. The van der Waals surface area contributed by atoms with Gasteiger partial charge in [0.1, 0.15) is 5.69 Å². The van der Waals surface area contributed by atoms with Crippen molar-refractivity contribution >= 4 is 11.7 Å². The molecule has 0 aromatic carbocycles. The van der Waals surface area contributed by atoms with Gasteiger partial charge in [-0.25, -0.2) is 4.79 Å². The van der Waals surface area contributed by atoms with E-state index in [0.29, 0.717) is 24.4 Å². The summed E-state index contributed by atoms with van der Waals surface area (Å²) in [5.74, 6) is -0.336. The number of nitrogens with two attached hydrogens (primary N) is 1. The van der Waals surface area contributed by atoms with Crippen LogP contribution in [0.5, 0.6) is 0 Å². The summed E-state index contributed by atoms with van der Waals surface area (Å²) in [5, 5.41) is 4.07. The zero-order chi connectivity index (χ0) is 14.5. The van der Waals surface area contributed by atoms with Gasteiger partial charge in [-0.3, -0.25) is 4.68 Å². The first kappa shape index (κ1) is 14.2. The van der Waals surface area contributed by atoms with Gasteiger partial charge in [0.25, 0.3) is 0 Å². The molecule has 2 aromatic rings. The van der Waals surface area contributed by atoms with Gasteiger partial charge in [-0.2, -0.15) is 5.10 Å². The van der Waals surface area contributed by atoms with Crippen LogP contribution in [0.15, 0.2) is 24.5 Å². The van der Waals surface area contributed by atoms with E-state index < -0.39 is 0 Å². The second-order valence-electron chi connectivity index (χ2n) is 4.68. The summed E-state index contributed by atoms with van der Waals surface area (Å²) in [6, 6.07) is 3.56. The largest absolute Gasteiger partial charge is 0.461 e. The number of aryl methyl sites for hydroxylation is 2. The van der Waals surface area contributed by atoms with Crippen molar-refractivity contribution in [2.75, 3.05) is 12.3 Å². The summed E-state index contributed by atoms with van der Waals surface area (Å²) in [7, 11) is 1.87. The molecule has 0 amide bonds. The lowest BCUT2D eigenvalue weighted by atomic mass is 10.3. The second-order valence-corrected chi connectivity index (χ2v) is 4.68. The number of rotatable bonds is 6. The summed E-state index contributed by atoms with van der Waals surface area (Å²) in [6.45, 7) is 3.13. The van der Waals surface area contributed by atoms with Crippen LogP contribution in [0.3, 0.4) is 0 Å². The van der Waals surface area contributed by atoms with Crippen LogP contribution < -0.4 is 5.73 Å². The highest BCUT2D eigenvalue weighted by Gasteiger charge is 2.14. The summed E-state index contributed by atoms with van der Waals surface area (Å²) in [5.41, 5.74) is 7.85. The zero-order valence-corrected chi connectivity index (χ0v) is 11.9. The van der Waals surface area contributed by atoms with E-state index in [4.69, 9.17) is 10.5 Å². The molecule has 0 spiro atoms. The Morgan fingerprint density at radius 3 is 2.95 bits per heavy atom. The Balaban J connectivity index is 1.93. The van der Waals surface area contributed by atoms with E-state index in [9.17, 15) is 4.79 Å². The molecule has 0 saturated carbocycles. The predicted molar refractivity (Wildman–Crippen MR) is 76.3 cm³/mol. The molecule has 0 atom stereocenters. The van der Waals surface area contributed by atoms with Gasteiger partial charge in [0.15, 0.2) is 0 Å². The van der Waals surface area contributed by atoms with Crippen molar-refractivity contribution in [1.82, 2.24) is 14.3 Å². The fraction of sp³-hybridized carbons (Fsp3) is 0.429. The lowest BCUT2D eigenvalue weighted by molar-refractivity contribution is 0.0495. The summed E-state index contributed by atoms with van der Waals surface area (Å²) in [4.78, 5) is 12.0. The van der Waals surface area contributed by atoms with Crippen molar-refractivity contribution in [3.63, 3.8) is 0 Å². The maximum Gasteiger partial charge on any atom is 0.355 e. The third-order valence-electron chi connectivity index (χ3n) is 3.11. The van der Waals surface area contributed by atoms with E-state index in [-0.39, 0.29) is 5.97 Å². The van der Waals surface area contributed by atoms with Crippen molar-refractivity contribution in [1.29, 1.82) is 0 Å². The normalized spacial score (nSPS) is 10.7. The van der Waals surface area contributed by atoms with Crippen molar-refractivity contribution < 1.29 is 9.53 Å². The molecule has 0 fully saturated rings. The molecule has 20 heavy (non-hydrogen) atoms. The average Bonchev–Trinajstić information content (AvgIpc) is 2.97. The van der Waals surface area contributed by atoms with E-state index in [1.807, 2.05) is 24.6 Å². The van der Waals surface area contributed by atoms with Gasteiger partial charge in [0, 0.05) is 38.1 Å². The van der Waals surface area contributed by atoms with Gasteiger partial charge < -0.3 is 15.0 Å². The highest BCUT2D eigenvalue weighted by atomic mass is 16.5. The first-order valence-electron chi connectivity index (χ1n) is 6.71.